The zero-order valence-corrected chi connectivity index (χ0v) is 14.0. The van der Waals surface area contributed by atoms with Crippen molar-refractivity contribution < 1.29 is 9.53 Å². The molecule has 122 valence electrons. The zero-order valence-electron chi connectivity index (χ0n) is 14.0. The molecule has 1 atom stereocenters. The Balaban J connectivity index is 4.71. The molecule has 1 unspecified atom stereocenters. The molecule has 0 bridgehead atoms. The Labute approximate surface area is 134 Å². The number of nitrogens with two attached hydrogens (primary N) is 1. The Hall–Kier alpha value is -1.86. The van der Waals surface area contributed by atoms with Crippen LogP contribution in [0.4, 0.5) is 0 Å². The molecule has 0 saturated carbocycles. The van der Waals surface area contributed by atoms with Gasteiger partial charge in [0, 0.05) is 6.54 Å². The first kappa shape index (κ1) is 20.1. The number of esters is 1. The van der Waals surface area contributed by atoms with E-state index < -0.39 is 5.97 Å². The maximum absolute atomic E-state index is 12.0. The lowest BCUT2D eigenvalue weighted by Crippen LogP contribution is -2.15. The van der Waals surface area contributed by atoms with Crippen molar-refractivity contribution in [2.24, 2.45) is 11.7 Å². The minimum absolute atomic E-state index is 0.0140. The van der Waals surface area contributed by atoms with E-state index in [0.29, 0.717) is 19.1 Å². The lowest BCUT2D eigenvalue weighted by Gasteiger charge is -2.14. The fourth-order valence-electron chi connectivity index (χ4n) is 1.90. The molecule has 0 fully saturated rings. The van der Waals surface area contributed by atoms with Crippen LogP contribution in [-0.4, -0.2) is 19.1 Å². The molecule has 0 heterocycles. The van der Waals surface area contributed by atoms with Gasteiger partial charge in [0.05, 0.1) is 6.61 Å². The number of ether oxygens (including phenoxy) is 1. The Bertz CT molecular complexity index is 456. The Morgan fingerprint density at radius 2 is 2.14 bits per heavy atom. The fraction of sp³-hybridized carbons (Fsp3) is 0.556. The van der Waals surface area contributed by atoms with Crippen molar-refractivity contribution in [3.63, 3.8) is 0 Å². The van der Waals surface area contributed by atoms with Crippen molar-refractivity contribution >= 4 is 5.97 Å². The average molecular weight is 304 g/mol. The quantitative estimate of drug-likeness (QED) is 0.289. The standard InChI is InChI=1S/C18H28N2O2/c1-4-7-9-16(6-3)14-22-18(21)17(13-20)12-15(5-2)10-8-11-19/h5,8,10,12,16H,4,6-7,9,11,14,19H2,1-3H3/b10-8-,15-5+,17-12-. The first-order valence-corrected chi connectivity index (χ1v) is 7.94. The molecule has 0 rings (SSSR count). The number of hydrogen-bond donors (Lipinski definition) is 1. The van der Waals surface area contributed by atoms with Gasteiger partial charge in [-0.25, -0.2) is 4.79 Å². The normalized spacial score (nSPS) is 14.0. The van der Waals surface area contributed by atoms with Gasteiger partial charge in [-0.2, -0.15) is 5.26 Å². The maximum Gasteiger partial charge on any atom is 0.348 e. The van der Waals surface area contributed by atoms with Gasteiger partial charge >= 0.3 is 5.97 Å². The van der Waals surface area contributed by atoms with Gasteiger partial charge in [0.2, 0.25) is 0 Å². The van der Waals surface area contributed by atoms with Crippen molar-refractivity contribution in [3.8, 4) is 6.07 Å². The highest BCUT2D eigenvalue weighted by Crippen LogP contribution is 2.14. The third-order valence-electron chi connectivity index (χ3n) is 3.42. The first-order valence-electron chi connectivity index (χ1n) is 7.94. The summed E-state index contributed by atoms with van der Waals surface area (Å²) in [4.78, 5) is 12.0. The van der Waals surface area contributed by atoms with Crippen LogP contribution in [-0.2, 0) is 9.53 Å². The maximum atomic E-state index is 12.0. The third kappa shape index (κ3) is 8.43. The fourth-order valence-corrected chi connectivity index (χ4v) is 1.90. The molecule has 0 radical (unpaired) electrons. The van der Waals surface area contributed by atoms with E-state index in [1.807, 2.05) is 19.1 Å². The number of nitrogens with zero attached hydrogens (tertiary/aromatic N) is 1. The van der Waals surface area contributed by atoms with Crippen LogP contribution >= 0.6 is 0 Å². The number of rotatable bonds is 10. The predicted octanol–water partition coefficient (Wildman–Crippen LogP) is 3.66. The molecular formula is C18H28N2O2. The summed E-state index contributed by atoms with van der Waals surface area (Å²) in [6.45, 7) is 6.85. The highest BCUT2D eigenvalue weighted by molar-refractivity contribution is 5.93. The second-order valence-electron chi connectivity index (χ2n) is 5.11. The van der Waals surface area contributed by atoms with Crippen LogP contribution in [0.2, 0.25) is 0 Å². The largest absolute Gasteiger partial charge is 0.461 e. The average Bonchev–Trinajstić information content (AvgIpc) is 2.55. The number of carbonyl (C=O) groups excluding carboxylic acids is 1. The van der Waals surface area contributed by atoms with Crippen molar-refractivity contribution in [1.29, 1.82) is 5.26 Å². The summed E-state index contributed by atoms with van der Waals surface area (Å²) in [5, 5.41) is 9.13. The van der Waals surface area contributed by atoms with Crippen LogP contribution in [0.25, 0.3) is 0 Å². The molecule has 0 aromatic heterocycles. The molecule has 2 N–H and O–H groups in total. The van der Waals surface area contributed by atoms with E-state index >= 15 is 0 Å². The Kier molecular flexibility index (Phi) is 11.8. The van der Waals surface area contributed by atoms with Gasteiger partial charge in [-0.3, -0.25) is 0 Å². The lowest BCUT2D eigenvalue weighted by molar-refractivity contribution is -0.140. The van der Waals surface area contributed by atoms with Crippen LogP contribution in [0, 0.1) is 17.2 Å². The van der Waals surface area contributed by atoms with Crippen LogP contribution in [0.5, 0.6) is 0 Å². The molecule has 0 amide bonds. The molecule has 0 aliphatic heterocycles. The monoisotopic (exact) mass is 304 g/mol. The number of nitriles is 1. The third-order valence-corrected chi connectivity index (χ3v) is 3.42. The van der Waals surface area contributed by atoms with Crippen LogP contribution in [0.1, 0.15) is 46.5 Å². The Morgan fingerprint density at radius 3 is 2.64 bits per heavy atom. The van der Waals surface area contributed by atoms with Crippen molar-refractivity contribution in [2.45, 2.75) is 46.5 Å². The minimum atomic E-state index is -0.557. The van der Waals surface area contributed by atoms with Crippen LogP contribution in [0.15, 0.2) is 35.5 Å². The van der Waals surface area contributed by atoms with E-state index in [-0.39, 0.29) is 5.57 Å². The van der Waals surface area contributed by atoms with Gasteiger partial charge in [0.25, 0.3) is 0 Å². The van der Waals surface area contributed by atoms with Gasteiger partial charge < -0.3 is 10.5 Å². The molecule has 4 heteroatoms. The van der Waals surface area contributed by atoms with E-state index in [4.69, 9.17) is 15.7 Å². The van der Waals surface area contributed by atoms with Gasteiger partial charge in [-0.1, -0.05) is 51.3 Å². The molecule has 4 nitrogen and oxygen atoms in total. The Morgan fingerprint density at radius 1 is 1.41 bits per heavy atom. The number of allylic oxidation sites excluding steroid dienone is 4. The van der Waals surface area contributed by atoms with Crippen LogP contribution < -0.4 is 5.73 Å². The smallest absolute Gasteiger partial charge is 0.348 e. The van der Waals surface area contributed by atoms with E-state index in [2.05, 4.69) is 13.8 Å². The molecular weight excluding hydrogens is 276 g/mol. The SMILES string of the molecule is C/C=C(\C=C/CN)/C=C(/C#N)C(=O)OCC(CC)CCCC. The topological polar surface area (TPSA) is 76.1 Å². The number of unbranched alkanes of at least 4 members (excludes halogenated alkanes) is 1. The van der Waals surface area contributed by atoms with Gasteiger partial charge in [0.1, 0.15) is 11.6 Å². The molecule has 0 aliphatic carbocycles. The summed E-state index contributed by atoms with van der Waals surface area (Å²) in [6.07, 6.45) is 11.2. The molecule has 0 spiro atoms. The van der Waals surface area contributed by atoms with E-state index in [1.165, 1.54) is 6.08 Å². The lowest BCUT2D eigenvalue weighted by atomic mass is 10.0. The first-order chi connectivity index (χ1) is 10.6. The summed E-state index contributed by atoms with van der Waals surface area (Å²) in [5.41, 5.74) is 6.17. The van der Waals surface area contributed by atoms with E-state index in [9.17, 15) is 4.79 Å². The summed E-state index contributed by atoms with van der Waals surface area (Å²) in [5.74, 6) is -0.194. The molecule has 0 aromatic carbocycles. The number of hydrogen-bond acceptors (Lipinski definition) is 4. The van der Waals surface area contributed by atoms with Crippen molar-refractivity contribution in [2.75, 3.05) is 13.2 Å². The summed E-state index contributed by atoms with van der Waals surface area (Å²) < 4.78 is 5.29. The van der Waals surface area contributed by atoms with Crippen LogP contribution in [0.3, 0.4) is 0 Å². The van der Waals surface area contributed by atoms with E-state index in [1.54, 1.807) is 12.2 Å². The zero-order chi connectivity index (χ0) is 16.8. The number of carbonyl (C=O) groups is 1. The summed E-state index contributed by atoms with van der Waals surface area (Å²) >= 11 is 0. The van der Waals surface area contributed by atoms with E-state index in [0.717, 1.165) is 31.3 Å². The van der Waals surface area contributed by atoms with Gasteiger partial charge in [0.15, 0.2) is 0 Å². The second kappa shape index (κ2) is 12.8. The van der Waals surface area contributed by atoms with Gasteiger partial charge in [-0.05, 0) is 30.9 Å². The molecule has 22 heavy (non-hydrogen) atoms. The summed E-state index contributed by atoms with van der Waals surface area (Å²) in [6, 6.07) is 1.91. The van der Waals surface area contributed by atoms with Gasteiger partial charge in [-0.15, -0.1) is 0 Å². The summed E-state index contributed by atoms with van der Waals surface area (Å²) in [7, 11) is 0. The second-order valence-corrected chi connectivity index (χ2v) is 5.11. The van der Waals surface area contributed by atoms with Crippen molar-refractivity contribution in [1.82, 2.24) is 0 Å². The minimum Gasteiger partial charge on any atom is -0.461 e. The predicted molar refractivity (Wildman–Crippen MR) is 89.9 cm³/mol. The molecule has 0 aliphatic rings. The van der Waals surface area contributed by atoms with Crippen molar-refractivity contribution in [3.05, 3.63) is 35.5 Å². The molecule has 0 aromatic rings. The molecule has 0 saturated heterocycles. The highest BCUT2D eigenvalue weighted by Gasteiger charge is 2.14. The highest BCUT2D eigenvalue weighted by atomic mass is 16.5.